The molecular weight excluding hydrogens is 351 g/mol. The van der Waals surface area contributed by atoms with Gasteiger partial charge in [-0.3, -0.25) is 0 Å². The summed E-state index contributed by atoms with van der Waals surface area (Å²) in [6.07, 6.45) is 0.675. The highest BCUT2D eigenvalue weighted by molar-refractivity contribution is 7.88. The molecule has 7 heteroatoms. The summed E-state index contributed by atoms with van der Waals surface area (Å²) in [4.78, 5) is 0. The summed E-state index contributed by atoms with van der Waals surface area (Å²) in [6, 6.07) is 11.4. The fraction of sp³-hybridized carbons (Fsp3) is 0.235. The van der Waals surface area contributed by atoms with Gasteiger partial charge in [-0.25, -0.2) is 12.8 Å². The molecule has 126 valence electrons. The molecule has 0 atom stereocenters. The molecule has 0 saturated heterocycles. The number of sulfonamides is 1. The van der Waals surface area contributed by atoms with Crippen molar-refractivity contribution in [3.8, 4) is 0 Å². The van der Waals surface area contributed by atoms with Crippen LogP contribution in [0.25, 0.3) is 0 Å². The molecule has 0 spiro atoms. The lowest BCUT2D eigenvalue weighted by molar-refractivity contribution is 0.490. The molecular formula is C17H16ClFN2O2S. The quantitative estimate of drug-likeness (QED) is 0.783. The first-order valence-electron chi connectivity index (χ1n) is 7.40. The Kier molecular flexibility index (Phi) is 4.60. The zero-order valence-corrected chi connectivity index (χ0v) is 14.6. The molecule has 0 aliphatic carbocycles. The van der Waals surface area contributed by atoms with E-state index in [1.54, 1.807) is 18.2 Å². The number of benzene rings is 2. The first kappa shape index (κ1) is 16.9. The topological polar surface area (TPSA) is 49.7 Å². The van der Waals surface area contributed by atoms with Crippen molar-refractivity contribution in [2.75, 3.05) is 12.9 Å². The number of hydrazone groups is 1. The van der Waals surface area contributed by atoms with E-state index in [9.17, 15) is 12.8 Å². The van der Waals surface area contributed by atoms with E-state index in [1.807, 2.05) is 12.1 Å². The number of nitrogens with zero attached hydrogens (tertiary/aromatic N) is 2. The van der Waals surface area contributed by atoms with Crippen molar-refractivity contribution >= 4 is 27.3 Å². The Morgan fingerprint density at radius 2 is 1.92 bits per heavy atom. The van der Waals surface area contributed by atoms with E-state index in [4.69, 9.17) is 11.6 Å². The molecule has 3 rings (SSSR count). The fourth-order valence-electron chi connectivity index (χ4n) is 2.60. The molecule has 1 aliphatic heterocycles. The van der Waals surface area contributed by atoms with Gasteiger partial charge in [0.2, 0.25) is 0 Å². The molecule has 0 saturated carbocycles. The average Bonchev–Trinajstić information content (AvgIpc) is 2.64. The van der Waals surface area contributed by atoms with Gasteiger partial charge in [-0.2, -0.15) is 9.52 Å². The predicted octanol–water partition coefficient (Wildman–Crippen LogP) is 3.13. The van der Waals surface area contributed by atoms with Crippen LogP contribution in [-0.4, -0.2) is 31.5 Å². The largest absolute Gasteiger partial charge is 0.253 e. The summed E-state index contributed by atoms with van der Waals surface area (Å²) in [6.45, 7) is 0. The van der Waals surface area contributed by atoms with Gasteiger partial charge in [0.1, 0.15) is 5.82 Å². The fourth-order valence-corrected chi connectivity index (χ4v) is 3.86. The number of aryl methyl sites for hydroxylation is 1. The van der Waals surface area contributed by atoms with Gasteiger partial charge < -0.3 is 0 Å². The molecule has 0 N–H and O–H groups in total. The molecule has 0 amide bonds. The Morgan fingerprint density at radius 1 is 1.21 bits per heavy atom. The third kappa shape index (κ3) is 3.30. The minimum absolute atomic E-state index is 0.131. The second-order valence-corrected chi connectivity index (χ2v) is 7.94. The van der Waals surface area contributed by atoms with Crippen LogP contribution in [0.1, 0.15) is 22.3 Å². The molecule has 0 unspecified atom stereocenters. The van der Waals surface area contributed by atoms with E-state index < -0.39 is 10.0 Å². The summed E-state index contributed by atoms with van der Waals surface area (Å²) in [5.41, 5.74) is 3.56. The summed E-state index contributed by atoms with van der Waals surface area (Å²) < 4.78 is 38.9. The zero-order valence-electron chi connectivity index (χ0n) is 13.0. The Bertz CT molecular complexity index is 895. The van der Waals surface area contributed by atoms with Gasteiger partial charge in [-0.05, 0) is 47.9 Å². The number of alkyl halides is 1. The normalized spacial score (nSPS) is 16.3. The van der Waals surface area contributed by atoms with Gasteiger partial charge in [0.25, 0.3) is 10.0 Å². The van der Waals surface area contributed by atoms with E-state index in [2.05, 4.69) is 5.10 Å². The van der Waals surface area contributed by atoms with Crippen molar-refractivity contribution in [3.05, 3.63) is 70.5 Å². The van der Waals surface area contributed by atoms with Crippen molar-refractivity contribution < 1.29 is 12.8 Å². The smallest absolute Gasteiger partial charge is 0.207 e. The lowest BCUT2D eigenvalue weighted by Gasteiger charge is -2.12. The summed E-state index contributed by atoms with van der Waals surface area (Å²) in [5, 5.41) is 4.28. The van der Waals surface area contributed by atoms with E-state index in [1.165, 1.54) is 19.2 Å². The number of halogens is 2. The number of hydrogen-bond donors (Lipinski definition) is 0. The van der Waals surface area contributed by atoms with E-state index in [0.29, 0.717) is 29.1 Å². The Morgan fingerprint density at radius 3 is 2.58 bits per heavy atom. The highest BCUT2D eigenvalue weighted by Crippen LogP contribution is 2.25. The van der Waals surface area contributed by atoms with Crippen molar-refractivity contribution in [3.63, 3.8) is 0 Å². The van der Waals surface area contributed by atoms with Crippen LogP contribution in [0, 0.1) is 5.82 Å². The van der Waals surface area contributed by atoms with Crippen LogP contribution in [0.3, 0.4) is 0 Å². The first-order chi connectivity index (χ1) is 11.4. The van der Waals surface area contributed by atoms with Crippen molar-refractivity contribution in [1.82, 2.24) is 4.41 Å². The summed E-state index contributed by atoms with van der Waals surface area (Å²) in [5.74, 6) is -0.0150. The Hall–Kier alpha value is -1.92. The third-order valence-electron chi connectivity index (χ3n) is 3.91. The minimum Gasteiger partial charge on any atom is -0.207 e. The van der Waals surface area contributed by atoms with Gasteiger partial charge in [0.05, 0.1) is 11.5 Å². The molecule has 0 aromatic heterocycles. The molecule has 4 nitrogen and oxygen atoms in total. The first-order valence-corrected chi connectivity index (χ1v) is 9.54. The van der Waals surface area contributed by atoms with Crippen LogP contribution in [0.15, 0.2) is 47.6 Å². The minimum atomic E-state index is -3.54. The van der Waals surface area contributed by atoms with Crippen LogP contribution in [0.5, 0.6) is 0 Å². The van der Waals surface area contributed by atoms with Gasteiger partial charge in [0, 0.05) is 24.1 Å². The SMILES string of the molecule is CN1N=C(c2ccc(F)cc2)c2cc(CCCl)ccc2CS1(=O)=O. The summed E-state index contributed by atoms with van der Waals surface area (Å²) in [7, 11) is -2.13. The second-order valence-electron chi connectivity index (χ2n) is 5.58. The number of rotatable bonds is 3. The summed E-state index contributed by atoms with van der Waals surface area (Å²) >= 11 is 5.81. The third-order valence-corrected chi connectivity index (χ3v) is 5.66. The van der Waals surface area contributed by atoms with Gasteiger partial charge in [-0.15, -0.1) is 11.6 Å². The maximum Gasteiger partial charge on any atom is 0.253 e. The lowest BCUT2D eigenvalue weighted by atomic mass is 9.95. The van der Waals surface area contributed by atoms with Gasteiger partial charge in [0.15, 0.2) is 0 Å². The van der Waals surface area contributed by atoms with Crippen LogP contribution >= 0.6 is 11.6 Å². The van der Waals surface area contributed by atoms with Crippen LogP contribution in [-0.2, 0) is 22.2 Å². The van der Waals surface area contributed by atoms with Crippen LogP contribution in [0.2, 0.25) is 0 Å². The standard InChI is InChI=1S/C17H16ClFN2O2S/c1-21-20-17(13-4-6-15(19)7-5-13)16-10-12(8-9-18)2-3-14(16)11-24(21,22)23/h2-7,10H,8-9,11H2,1H3. The van der Waals surface area contributed by atoms with Crippen LogP contribution in [0.4, 0.5) is 4.39 Å². The highest BCUT2D eigenvalue weighted by atomic mass is 35.5. The lowest BCUT2D eigenvalue weighted by Crippen LogP contribution is -2.22. The number of fused-ring (bicyclic) bond motifs is 1. The van der Waals surface area contributed by atoms with Crippen molar-refractivity contribution in [2.24, 2.45) is 5.10 Å². The average molecular weight is 367 g/mol. The molecule has 2 aromatic carbocycles. The molecule has 0 radical (unpaired) electrons. The number of hydrogen-bond acceptors (Lipinski definition) is 3. The molecule has 2 aromatic rings. The maximum atomic E-state index is 13.2. The highest BCUT2D eigenvalue weighted by Gasteiger charge is 2.26. The second kappa shape index (κ2) is 6.53. The molecule has 1 heterocycles. The molecule has 0 bridgehead atoms. The molecule has 0 fully saturated rings. The maximum absolute atomic E-state index is 13.2. The zero-order chi connectivity index (χ0) is 17.3. The van der Waals surface area contributed by atoms with Gasteiger partial charge in [-0.1, -0.05) is 12.1 Å². The molecule has 24 heavy (non-hydrogen) atoms. The molecule has 1 aliphatic rings. The van der Waals surface area contributed by atoms with Crippen LogP contribution < -0.4 is 0 Å². The van der Waals surface area contributed by atoms with Crippen molar-refractivity contribution in [1.29, 1.82) is 0 Å². The van der Waals surface area contributed by atoms with E-state index in [-0.39, 0.29) is 11.6 Å². The predicted molar refractivity (Wildman–Crippen MR) is 93.3 cm³/mol. The van der Waals surface area contributed by atoms with E-state index in [0.717, 1.165) is 15.5 Å². The van der Waals surface area contributed by atoms with Gasteiger partial charge >= 0.3 is 0 Å². The monoisotopic (exact) mass is 366 g/mol. The Labute approximate surface area is 145 Å². The van der Waals surface area contributed by atoms with E-state index >= 15 is 0 Å². The Balaban J connectivity index is 2.22. The van der Waals surface area contributed by atoms with Crippen molar-refractivity contribution in [2.45, 2.75) is 12.2 Å².